The maximum absolute atomic E-state index is 11.9. The summed E-state index contributed by atoms with van der Waals surface area (Å²) in [6, 6.07) is 0.215. The first-order valence-corrected chi connectivity index (χ1v) is 7.43. The van der Waals surface area contributed by atoms with E-state index < -0.39 is 5.60 Å². The van der Waals surface area contributed by atoms with Crippen LogP contribution in [-0.4, -0.2) is 22.7 Å². The summed E-state index contributed by atoms with van der Waals surface area (Å²) in [5.74, 6) is 0.683. The van der Waals surface area contributed by atoms with Crippen molar-refractivity contribution in [3.63, 3.8) is 0 Å². The Morgan fingerprint density at radius 3 is 2.33 bits per heavy atom. The Kier molecular flexibility index (Phi) is 6.13. The topological polar surface area (TPSA) is 49.3 Å². The molecule has 106 valence electrons. The highest BCUT2D eigenvalue weighted by Gasteiger charge is 2.31. The third-order valence-corrected chi connectivity index (χ3v) is 3.86. The van der Waals surface area contributed by atoms with Gasteiger partial charge in [-0.1, -0.05) is 33.1 Å². The standard InChI is InChI=1S/C15H29NO2/c1-12(2)7-8-13(3)16-14(17)11-15(18)9-5-4-6-10-15/h12-13,18H,4-11H2,1-3H3,(H,16,17). The summed E-state index contributed by atoms with van der Waals surface area (Å²) in [5.41, 5.74) is -0.736. The zero-order valence-electron chi connectivity index (χ0n) is 12.2. The van der Waals surface area contributed by atoms with E-state index in [2.05, 4.69) is 19.2 Å². The fraction of sp³-hybridized carbons (Fsp3) is 0.933. The molecule has 18 heavy (non-hydrogen) atoms. The third kappa shape index (κ3) is 5.85. The summed E-state index contributed by atoms with van der Waals surface area (Å²) in [6.45, 7) is 6.43. The molecular weight excluding hydrogens is 226 g/mol. The van der Waals surface area contributed by atoms with Crippen LogP contribution in [0.2, 0.25) is 0 Å². The van der Waals surface area contributed by atoms with Crippen molar-refractivity contribution in [3.8, 4) is 0 Å². The number of nitrogens with one attached hydrogen (secondary N) is 1. The molecule has 1 atom stereocenters. The van der Waals surface area contributed by atoms with Gasteiger partial charge in [0.1, 0.15) is 0 Å². The van der Waals surface area contributed by atoms with Gasteiger partial charge in [-0.05, 0) is 38.5 Å². The summed E-state index contributed by atoms with van der Waals surface area (Å²) in [6.07, 6.45) is 7.27. The maximum Gasteiger partial charge on any atom is 0.223 e. The van der Waals surface area contributed by atoms with E-state index in [0.717, 1.165) is 38.5 Å². The van der Waals surface area contributed by atoms with Crippen LogP contribution in [0.15, 0.2) is 0 Å². The van der Waals surface area contributed by atoms with E-state index in [1.54, 1.807) is 0 Å². The van der Waals surface area contributed by atoms with Gasteiger partial charge in [-0.15, -0.1) is 0 Å². The van der Waals surface area contributed by atoms with Crippen molar-refractivity contribution in [2.75, 3.05) is 0 Å². The molecule has 0 heterocycles. The molecule has 0 aromatic rings. The Labute approximate surface area is 111 Å². The van der Waals surface area contributed by atoms with Crippen LogP contribution >= 0.6 is 0 Å². The molecule has 3 nitrogen and oxygen atoms in total. The van der Waals surface area contributed by atoms with Crippen LogP contribution in [0.5, 0.6) is 0 Å². The summed E-state index contributed by atoms with van der Waals surface area (Å²) in [5, 5.41) is 13.3. The smallest absolute Gasteiger partial charge is 0.223 e. The van der Waals surface area contributed by atoms with E-state index in [4.69, 9.17) is 0 Å². The molecule has 1 fully saturated rings. The molecule has 2 N–H and O–H groups in total. The lowest BCUT2D eigenvalue weighted by molar-refractivity contribution is -0.128. The molecule has 0 radical (unpaired) electrons. The summed E-state index contributed by atoms with van der Waals surface area (Å²) >= 11 is 0. The molecule has 1 amide bonds. The minimum absolute atomic E-state index is 0.00987. The summed E-state index contributed by atoms with van der Waals surface area (Å²) in [7, 11) is 0. The lowest BCUT2D eigenvalue weighted by Crippen LogP contribution is -2.41. The molecule has 0 bridgehead atoms. The van der Waals surface area contributed by atoms with Crippen molar-refractivity contribution < 1.29 is 9.90 Å². The van der Waals surface area contributed by atoms with Gasteiger partial charge in [0, 0.05) is 6.04 Å². The average Bonchev–Trinajstić information content (AvgIpc) is 2.26. The van der Waals surface area contributed by atoms with Crippen LogP contribution in [-0.2, 0) is 4.79 Å². The van der Waals surface area contributed by atoms with Gasteiger partial charge in [-0.2, -0.15) is 0 Å². The molecule has 1 aliphatic rings. The number of rotatable bonds is 6. The SMILES string of the molecule is CC(C)CCC(C)NC(=O)CC1(O)CCCCC1. The molecule has 0 aromatic carbocycles. The van der Waals surface area contributed by atoms with Gasteiger partial charge >= 0.3 is 0 Å². The zero-order chi connectivity index (χ0) is 13.6. The first-order chi connectivity index (χ1) is 8.41. The van der Waals surface area contributed by atoms with Crippen molar-refractivity contribution in [1.29, 1.82) is 0 Å². The van der Waals surface area contributed by atoms with Gasteiger partial charge in [-0.25, -0.2) is 0 Å². The summed E-state index contributed by atoms with van der Waals surface area (Å²) < 4.78 is 0. The second kappa shape index (κ2) is 7.13. The van der Waals surface area contributed by atoms with Crippen LogP contribution < -0.4 is 5.32 Å². The van der Waals surface area contributed by atoms with Gasteiger partial charge in [0.15, 0.2) is 0 Å². The van der Waals surface area contributed by atoms with Gasteiger partial charge < -0.3 is 10.4 Å². The molecule has 0 saturated heterocycles. The Morgan fingerprint density at radius 2 is 1.78 bits per heavy atom. The second-order valence-corrected chi connectivity index (χ2v) is 6.40. The van der Waals surface area contributed by atoms with E-state index in [1.165, 1.54) is 6.42 Å². The van der Waals surface area contributed by atoms with E-state index in [1.807, 2.05) is 6.92 Å². The molecule has 1 aliphatic carbocycles. The number of hydrogen-bond acceptors (Lipinski definition) is 2. The predicted octanol–water partition coefficient (Wildman–Crippen LogP) is 3.01. The molecular formula is C15H29NO2. The summed E-state index contributed by atoms with van der Waals surface area (Å²) in [4.78, 5) is 11.9. The number of aliphatic hydroxyl groups is 1. The van der Waals surface area contributed by atoms with Crippen molar-refractivity contribution in [2.45, 2.75) is 83.8 Å². The van der Waals surface area contributed by atoms with Crippen LogP contribution in [0.1, 0.15) is 72.1 Å². The van der Waals surface area contributed by atoms with Crippen molar-refractivity contribution in [1.82, 2.24) is 5.32 Å². The quantitative estimate of drug-likeness (QED) is 0.766. The minimum atomic E-state index is -0.736. The van der Waals surface area contributed by atoms with Crippen LogP contribution in [0.3, 0.4) is 0 Å². The Hall–Kier alpha value is -0.570. The molecule has 0 aromatic heterocycles. The van der Waals surface area contributed by atoms with E-state index in [0.29, 0.717) is 5.92 Å². The Bertz CT molecular complexity index is 257. The first kappa shape index (κ1) is 15.5. The molecule has 3 heteroatoms. The first-order valence-electron chi connectivity index (χ1n) is 7.43. The van der Waals surface area contributed by atoms with Gasteiger partial charge in [0.2, 0.25) is 5.91 Å². The normalized spacial score (nSPS) is 20.7. The number of hydrogen-bond donors (Lipinski definition) is 2. The number of carbonyl (C=O) groups excluding carboxylic acids is 1. The van der Waals surface area contributed by atoms with Crippen LogP contribution in [0, 0.1) is 5.92 Å². The van der Waals surface area contributed by atoms with Gasteiger partial charge in [-0.3, -0.25) is 4.79 Å². The fourth-order valence-corrected chi connectivity index (χ4v) is 2.67. The second-order valence-electron chi connectivity index (χ2n) is 6.40. The lowest BCUT2D eigenvalue weighted by Gasteiger charge is -2.31. The van der Waals surface area contributed by atoms with Gasteiger partial charge in [0.25, 0.3) is 0 Å². The van der Waals surface area contributed by atoms with Gasteiger partial charge in [0.05, 0.1) is 12.0 Å². The Balaban J connectivity index is 2.27. The molecule has 1 saturated carbocycles. The monoisotopic (exact) mass is 255 g/mol. The minimum Gasteiger partial charge on any atom is -0.389 e. The van der Waals surface area contributed by atoms with E-state index in [-0.39, 0.29) is 18.4 Å². The van der Waals surface area contributed by atoms with Crippen LogP contribution in [0.25, 0.3) is 0 Å². The highest BCUT2D eigenvalue weighted by Crippen LogP contribution is 2.30. The fourth-order valence-electron chi connectivity index (χ4n) is 2.67. The van der Waals surface area contributed by atoms with Crippen molar-refractivity contribution in [2.24, 2.45) is 5.92 Å². The van der Waals surface area contributed by atoms with E-state index >= 15 is 0 Å². The zero-order valence-corrected chi connectivity index (χ0v) is 12.2. The van der Waals surface area contributed by atoms with Crippen LogP contribution in [0.4, 0.5) is 0 Å². The molecule has 0 spiro atoms. The molecule has 0 aliphatic heterocycles. The highest BCUT2D eigenvalue weighted by atomic mass is 16.3. The largest absolute Gasteiger partial charge is 0.389 e. The highest BCUT2D eigenvalue weighted by molar-refractivity contribution is 5.77. The van der Waals surface area contributed by atoms with Crippen molar-refractivity contribution >= 4 is 5.91 Å². The average molecular weight is 255 g/mol. The predicted molar refractivity (Wildman–Crippen MR) is 74.3 cm³/mol. The van der Waals surface area contributed by atoms with E-state index in [9.17, 15) is 9.90 Å². The number of carbonyl (C=O) groups is 1. The number of amides is 1. The maximum atomic E-state index is 11.9. The van der Waals surface area contributed by atoms with Crippen molar-refractivity contribution in [3.05, 3.63) is 0 Å². The third-order valence-electron chi connectivity index (χ3n) is 3.86. The molecule has 1 rings (SSSR count). The lowest BCUT2D eigenvalue weighted by atomic mass is 9.82. The Morgan fingerprint density at radius 1 is 1.17 bits per heavy atom. The molecule has 1 unspecified atom stereocenters.